The number of likely N-dealkylation sites (N-methyl/N-ethyl adjacent to an activating group) is 2. The number of methoxy groups -OCH3 is 1. The summed E-state index contributed by atoms with van der Waals surface area (Å²) in [6.45, 7) is 4.21. The zero-order valence-corrected chi connectivity index (χ0v) is 37.1. The lowest BCUT2D eigenvalue weighted by molar-refractivity contribution is -0.137. The molecule has 1 unspecified atom stereocenters. The van der Waals surface area contributed by atoms with Gasteiger partial charge in [0.2, 0.25) is 29.6 Å². The summed E-state index contributed by atoms with van der Waals surface area (Å²) in [6, 6.07) is 9.44. The van der Waals surface area contributed by atoms with Gasteiger partial charge in [0.15, 0.2) is 5.82 Å². The smallest absolute Gasteiger partial charge is 0.255 e. The van der Waals surface area contributed by atoms with Crippen LogP contribution in [0.4, 0.5) is 28.8 Å². The number of hydrogen-bond donors (Lipinski definition) is 4. The summed E-state index contributed by atoms with van der Waals surface area (Å²) in [5.74, 6) is -0.0557. The van der Waals surface area contributed by atoms with E-state index >= 15 is 0 Å². The standard InChI is InChI=1S/C45H55N13O7/c1-5-34-44(64)55(3)36-24-47-45(51-40(36)58(34)29-10-6-7-11-29)49-33-16-15-27(22-37(33)65-4)41(61)46-23-28-25-56(53-52-28)21-20-54(2)19-9-14-38(59)48-32-13-8-12-30-31(32)26-57(43(30)63)35-17-18-39(60)50-42(35)62/h8,12-13,15-16,22,24-25,29,34-35H,5-7,9-11,14,17-21,23,26H2,1-4H3,(H,46,61)(H,48,59)(H,47,49,51)(H,50,60,62)/t34-,35?/m1/s1. The Balaban J connectivity index is 0.783. The second kappa shape index (κ2) is 19.4. The molecule has 1 saturated heterocycles. The molecule has 4 aromatic rings. The summed E-state index contributed by atoms with van der Waals surface area (Å²) >= 11 is 0. The van der Waals surface area contributed by atoms with Crippen molar-refractivity contribution in [3.05, 3.63) is 71.2 Å². The maximum Gasteiger partial charge on any atom is 0.255 e. The number of carbonyl (C=O) groups excluding carboxylic acids is 6. The lowest BCUT2D eigenvalue weighted by Crippen LogP contribution is -2.55. The highest BCUT2D eigenvalue weighted by atomic mass is 16.5. The number of fused-ring (bicyclic) bond motifs is 2. The number of benzene rings is 2. The van der Waals surface area contributed by atoms with Gasteiger partial charge in [0.1, 0.15) is 29.2 Å². The monoisotopic (exact) mass is 889 g/mol. The van der Waals surface area contributed by atoms with E-state index in [2.05, 4.69) is 46.4 Å². The van der Waals surface area contributed by atoms with E-state index in [0.717, 1.165) is 31.5 Å². The molecule has 20 heteroatoms. The van der Waals surface area contributed by atoms with Crippen LogP contribution in [0.25, 0.3) is 0 Å². The maximum atomic E-state index is 13.3. The first-order chi connectivity index (χ1) is 31.4. The van der Waals surface area contributed by atoms with E-state index in [0.29, 0.717) is 83.6 Å². The molecular weight excluding hydrogens is 835 g/mol. The normalized spacial score (nSPS) is 18.5. The molecule has 6 amide bonds. The van der Waals surface area contributed by atoms with Gasteiger partial charge in [-0.25, -0.2) is 4.98 Å². The molecular formula is C45H55N13O7. The van der Waals surface area contributed by atoms with Crippen molar-refractivity contribution < 1.29 is 33.5 Å². The van der Waals surface area contributed by atoms with Crippen molar-refractivity contribution in [2.24, 2.45) is 0 Å². The minimum Gasteiger partial charge on any atom is -0.495 e. The number of hydrogen-bond acceptors (Lipinski definition) is 14. The van der Waals surface area contributed by atoms with Crippen molar-refractivity contribution >= 4 is 64.3 Å². The van der Waals surface area contributed by atoms with Gasteiger partial charge in [0.05, 0.1) is 38.3 Å². The van der Waals surface area contributed by atoms with Crippen LogP contribution in [0.5, 0.6) is 5.75 Å². The second-order valence-corrected chi connectivity index (χ2v) is 17.0. The van der Waals surface area contributed by atoms with E-state index < -0.39 is 11.9 Å². The number of nitrogens with one attached hydrogen (secondary N) is 4. The van der Waals surface area contributed by atoms with Gasteiger partial charge in [0, 0.05) is 61.4 Å². The van der Waals surface area contributed by atoms with Gasteiger partial charge in [-0.05, 0) is 76.0 Å². The molecule has 1 aliphatic carbocycles. The van der Waals surface area contributed by atoms with Crippen LogP contribution in [0, 0.1) is 0 Å². The number of carbonyl (C=O) groups is 6. The first-order valence-electron chi connectivity index (χ1n) is 22.2. The van der Waals surface area contributed by atoms with E-state index in [4.69, 9.17) is 9.72 Å². The van der Waals surface area contributed by atoms with E-state index in [1.807, 2.05) is 14.0 Å². The highest BCUT2D eigenvalue weighted by molar-refractivity contribution is 6.07. The third kappa shape index (κ3) is 9.62. The van der Waals surface area contributed by atoms with Crippen LogP contribution in [0.15, 0.2) is 48.8 Å². The van der Waals surface area contributed by atoms with Gasteiger partial charge in [-0.2, -0.15) is 4.98 Å². The zero-order chi connectivity index (χ0) is 45.8. The van der Waals surface area contributed by atoms with Crippen LogP contribution in [0.3, 0.4) is 0 Å². The van der Waals surface area contributed by atoms with Crippen molar-refractivity contribution in [2.75, 3.05) is 54.7 Å². The Morgan fingerprint density at radius 3 is 2.62 bits per heavy atom. The van der Waals surface area contributed by atoms with Crippen molar-refractivity contribution in [3.63, 3.8) is 0 Å². The summed E-state index contributed by atoms with van der Waals surface area (Å²) in [4.78, 5) is 93.5. The molecule has 3 aliphatic heterocycles. The molecule has 4 aliphatic rings. The van der Waals surface area contributed by atoms with E-state index in [1.54, 1.807) is 65.4 Å². The fourth-order valence-corrected chi connectivity index (χ4v) is 9.11. The highest BCUT2D eigenvalue weighted by Gasteiger charge is 2.42. The van der Waals surface area contributed by atoms with Gasteiger partial charge < -0.3 is 40.3 Å². The molecule has 4 N–H and O–H groups in total. The molecule has 2 aromatic carbocycles. The van der Waals surface area contributed by atoms with E-state index in [1.165, 1.54) is 12.0 Å². The molecule has 5 heterocycles. The van der Waals surface area contributed by atoms with Crippen LogP contribution in [0.1, 0.15) is 96.7 Å². The minimum atomic E-state index is -0.731. The van der Waals surface area contributed by atoms with Gasteiger partial charge in [-0.15, -0.1) is 5.10 Å². The Morgan fingerprint density at radius 1 is 1.03 bits per heavy atom. The Hall–Kier alpha value is -6.96. The molecule has 65 heavy (non-hydrogen) atoms. The number of piperidine rings is 1. The van der Waals surface area contributed by atoms with Crippen molar-refractivity contribution in [2.45, 2.75) is 102 Å². The summed E-state index contributed by atoms with van der Waals surface area (Å²) in [5.41, 5.74) is 3.87. The molecule has 342 valence electrons. The average molecular weight is 890 g/mol. The molecule has 20 nitrogen and oxygen atoms in total. The van der Waals surface area contributed by atoms with Crippen molar-refractivity contribution in [3.8, 4) is 5.75 Å². The van der Waals surface area contributed by atoms with Crippen LogP contribution < -0.4 is 35.8 Å². The Labute approximate surface area is 376 Å². The molecule has 8 rings (SSSR count). The lowest BCUT2D eigenvalue weighted by atomic mass is 10.0. The fourth-order valence-electron chi connectivity index (χ4n) is 9.11. The molecule has 0 radical (unpaired) electrons. The van der Waals surface area contributed by atoms with Gasteiger partial charge >= 0.3 is 0 Å². The van der Waals surface area contributed by atoms with Crippen LogP contribution in [-0.2, 0) is 38.8 Å². The second-order valence-electron chi connectivity index (χ2n) is 17.0. The Morgan fingerprint density at radius 2 is 1.85 bits per heavy atom. The molecule has 2 atom stereocenters. The predicted octanol–water partition coefficient (Wildman–Crippen LogP) is 3.37. The fraction of sp³-hybridized carbons (Fsp3) is 0.467. The number of rotatable bonds is 17. The zero-order valence-electron chi connectivity index (χ0n) is 37.1. The van der Waals surface area contributed by atoms with E-state index in [9.17, 15) is 28.8 Å². The number of ether oxygens (including phenoxy) is 1. The highest BCUT2D eigenvalue weighted by Crippen LogP contribution is 2.40. The number of imide groups is 1. The van der Waals surface area contributed by atoms with Crippen LogP contribution in [0.2, 0.25) is 0 Å². The quantitative estimate of drug-likeness (QED) is 0.112. The van der Waals surface area contributed by atoms with Crippen LogP contribution >= 0.6 is 0 Å². The number of anilines is 5. The van der Waals surface area contributed by atoms with Crippen molar-refractivity contribution in [1.29, 1.82) is 0 Å². The SMILES string of the molecule is CC[C@@H]1C(=O)N(C)c2cnc(Nc3ccc(C(=O)NCc4cn(CCN(C)CCCC(=O)Nc5cccc6c5CN(C5CCC(=O)NC5=O)C6=O)nn4)cc3OC)nc2N1C1CCCC1. The third-order valence-corrected chi connectivity index (χ3v) is 12.6. The molecule has 0 bridgehead atoms. The number of nitrogens with zero attached hydrogens (tertiary/aromatic N) is 9. The van der Waals surface area contributed by atoms with Gasteiger partial charge in [0.25, 0.3) is 11.8 Å². The third-order valence-electron chi connectivity index (χ3n) is 12.6. The summed E-state index contributed by atoms with van der Waals surface area (Å²) < 4.78 is 7.37. The maximum absolute atomic E-state index is 13.3. The summed E-state index contributed by atoms with van der Waals surface area (Å²) in [7, 11) is 5.25. The van der Waals surface area contributed by atoms with Gasteiger partial charge in [-0.3, -0.25) is 38.8 Å². The Kier molecular flexibility index (Phi) is 13.3. The number of aromatic nitrogens is 5. The predicted molar refractivity (Wildman–Crippen MR) is 240 cm³/mol. The Bertz CT molecular complexity index is 2490. The molecule has 2 fully saturated rings. The topological polar surface area (TPSA) is 229 Å². The molecule has 0 spiro atoms. The van der Waals surface area contributed by atoms with Gasteiger partial charge in [-0.1, -0.05) is 31.0 Å². The minimum absolute atomic E-state index is 0.0493. The largest absolute Gasteiger partial charge is 0.495 e. The molecule has 2 aromatic heterocycles. The van der Waals surface area contributed by atoms with E-state index in [-0.39, 0.29) is 74.0 Å². The first-order valence-corrected chi connectivity index (χ1v) is 22.2. The van der Waals surface area contributed by atoms with Crippen molar-refractivity contribution in [1.82, 2.24) is 45.4 Å². The summed E-state index contributed by atoms with van der Waals surface area (Å²) in [5, 5.41) is 19.8. The van der Waals surface area contributed by atoms with Crippen LogP contribution in [-0.4, -0.2) is 123 Å². The first kappa shape index (κ1) is 44.6. The number of amides is 6. The lowest BCUT2D eigenvalue weighted by Gasteiger charge is -2.43. The average Bonchev–Trinajstić information content (AvgIpc) is 4.08. The summed E-state index contributed by atoms with van der Waals surface area (Å²) in [6.07, 6.45) is 9.71. The molecule has 1 saturated carbocycles.